The van der Waals surface area contributed by atoms with Gasteiger partial charge < -0.3 is 16.2 Å². The third-order valence-corrected chi connectivity index (χ3v) is 5.35. The van der Waals surface area contributed by atoms with Gasteiger partial charge in [0.05, 0.1) is 28.8 Å². The molecule has 10 heteroatoms. The fourth-order valence-corrected chi connectivity index (χ4v) is 3.75. The Bertz CT molecular complexity index is 1510. The van der Waals surface area contributed by atoms with E-state index in [1.165, 1.54) is 0 Å². The highest BCUT2D eigenvalue weighted by atomic mass is 16.5. The third-order valence-electron chi connectivity index (χ3n) is 5.35. The number of carbonyl (C=O) groups is 1. The number of hydrogen-bond donors (Lipinski definition) is 3. The van der Waals surface area contributed by atoms with Crippen molar-refractivity contribution in [1.82, 2.24) is 30.1 Å². The number of ether oxygens (including phenoxy) is 1. The fourth-order valence-electron chi connectivity index (χ4n) is 3.75. The molecule has 10 nitrogen and oxygen atoms in total. The summed E-state index contributed by atoms with van der Waals surface area (Å²) < 4.78 is 5.74. The van der Waals surface area contributed by atoms with Crippen LogP contribution in [0.3, 0.4) is 0 Å². The number of pyridine rings is 2. The van der Waals surface area contributed by atoms with Gasteiger partial charge in [-0.05, 0) is 42.3 Å². The Balaban J connectivity index is 1.60. The van der Waals surface area contributed by atoms with Crippen LogP contribution in [0.25, 0.3) is 33.4 Å². The van der Waals surface area contributed by atoms with Crippen LogP contribution < -0.4 is 16.2 Å². The summed E-state index contributed by atoms with van der Waals surface area (Å²) in [6, 6.07) is 12.7. The quantitative estimate of drug-likeness (QED) is 0.354. The first-order valence-electron chi connectivity index (χ1n) is 10.4. The van der Waals surface area contributed by atoms with E-state index in [0.29, 0.717) is 28.7 Å². The average Bonchev–Trinajstić information content (AvgIpc) is 3.33. The third kappa shape index (κ3) is 3.88. The number of nitrogen functional groups attached to an aromatic ring is 1. The molecule has 5 aromatic rings. The second-order valence-electron chi connectivity index (χ2n) is 7.59. The molecule has 0 spiro atoms. The van der Waals surface area contributed by atoms with E-state index in [1.807, 2.05) is 19.1 Å². The number of amides is 1. The maximum absolute atomic E-state index is 12.2. The Morgan fingerprint density at radius 2 is 1.88 bits per heavy atom. The zero-order valence-corrected chi connectivity index (χ0v) is 18.2. The lowest BCUT2D eigenvalue weighted by Crippen LogP contribution is -2.17. The van der Waals surface area contributed by atoms with Gasteiger partial charge in [-0.2, -0.15) is 5.10 Å². The van der Waals surface area contributed by atoms with Crippen LogP contribution in [-0.2, 0) is 6.61 Å². The van der Waals surface area contributed by atoms with E-state index in [-0.39, 0.29) is 18.0 Å². The summed E-state index contributed by atoms with van der Waals surface area (Å²) in [6.07, 6.45) is 5.01. The summed E-state index contributed by atoms with van der Waals surface area (Å²) in [5, 5.41) is 7.97. The van der Waals surface area contributed by atoms with E-state index in [4.69, 9.17) is 16.2 Å². The van der Waals surface area contributed by atoms with Gasteiger partial charge >= 0.3 is 0 Å². The van der Waals surface area contributed by atoms with E-state index in [1.54, 1.807) is 48.9 Å². The molecule has 0 saturated carbocycles. The molecule has 5 rings (SSSR count). The number of anilines is 1. The van der Waals surface area contributed by atoms with Gasteiger partial charge in [-0.1, -0.05) is 12.1 Å². The van der Waals surface area contributed by atoms with E-state index < -0.39 is 5.91 Å². The van der Waals surface area contributed by atoms with Gasteiger partial charge in [-0.25, -0.2) is 19.9 Å². The van der Waals surface area contributed by atoms with Crippen LogP contribution in [0.5, 0.6) is 5.88 Å². The maximum Gasteiger partial charge on any atom is 0.269 e. The Kier molecular flexibility index (Phi) is 5.30. The number of hydrogen-bond acceptors (Lipinski definition) is 8. The van der Waals surface area contributed by atoms with Crippen molar-refractivity contribution in [2.75, 3.05) is 5.73 Å². The smallest absolute Gasteiger partial charge is 0.269 e. The molecule has 0 saturated heterocycles. The van der Waals surface area contributed by atoms with Crippen LogP contribution in [0, 0.1) is 6.92 Å². The van der Waals surface area contributed by atoms with Gasteiger partial charge in [0.15, 0.2) is 11.5 Å². The minimum absolute atomic E-state index is 0.0294. The van der Waals surface area contributed by atoms with Gasteiger partial charge in [0, 0.05) is 29.4 Å². The number of H-pyrrole nitrogens is 1. The number of carbonyl (C=O) groups excluding carboxylic acids is 1. The number of rotatable bonds is 6. The van der Waals surface area contributed by atoms with E-state index in [9.17, 15) is 4.79 Å². The van der Waals surface area contributed by atoms with Crippen molar-refractivity contribution in [2.24, 2.45) is 5.73 Å². The summed E-state index contributed by atoms with van der Waals surface area (Å²) in [6.45, 7) is 2.12. The lowest BCUT2D eigenvalue weighted by atomic mass is 9.94. The standard InChI is InChI=1S/C24H20N8O2/c1-13-6-7-16-15(11-29-32-16)21(13)14-10-18(31-23(22(14)25)24(26)33)17-4-2-5-20(30-17)34-12-19-27-8-3-9-28-19/h2-11H,12,25H2,1H3,(H2,26,33)(H,29,32). The molecule has 0 aliphatic carbocycles. The van der Waals surface area contributed by atoms with E-state index in [2.05, 4.69) is 30.1 Å². The normalized spacial score (nSPS) is 11.0. The number of nitrogens with two attached hydrogens (primary N) is 2. The fraction of sp³-hybridized carbons (Fsp3) is 0.0833. The Morgan fingerprint density at radius 3 is 2.68 bits per heavy atom. The van der Waals surface area contributed by atoms with E-state index >= 15 is 0 Å². The monoisotopic (exact) mass is 452 g/mol. The Labute approximate surface area is 194 Å². The molecule has 0 atom stereocenters. The number of nitrogens with one attached hydrogen (secondary N) is 1. The second kappa shape index (κ2) is 8.58. The maximum atomic E-state index is 12.2. The highest BCUT2D eigenvalue weighted by molar-refractivity contribution is 6.05. The highest BCUT2D eigenvalue weighted by Crippen LogP contribution is 2.37. The molecule has 0 aliphatic rings. The van der Waals surface area contributed by atoms with Crippen LogP contribution in [0.1, 0.15) is 21.9 Å². The van der Waals surface area contributed by atoms with Crippen LogP contribution in [0.4, 0.5) is 5.69 Å². The molecule has 34 heavy (non-hydrogen) atoms. The number of aryl methyl sites for hydroxylation is 1. The first kappa shape index (κ1) is 21.0. The summed E-state index contributed by atoms with van der Waals surface area (Å²) in [7, 11) is 0. The summed E-state index contributed by atoms with van der Waals surface area (Å²) in [5.41, 5.74) is 16.4. The van der Waals surface area contributed by atoms with Crippen LogP contribution in [0.15, 0.2) is 61.1 Å². The molecule has 4 aromatic heterocycles. The first-order chi connectivity index (χ1) is 16.5. The second-order valence-corrected chi connectivity index (χ2v) is 7.59. The zero-order valence-electron chi connectivity index (χ0n) is 18.2. The number of aromatic amines is 1. The van der Waals surface area contributed by atoms with Crippen molar-refractivity contribution < 1.29 is 9.53 Å². The SMILES string of the molecule is Cc1ccc2[nH]ncc2c1-c1cc(-c2cccc(OCc3ncccn3)n2)nc(C(N)=O)c1N. The highest BCUT2D eigenvalue weighted by Gasteiger charge is 2.20. The summed E-state index contributed by atoms with van der Waals surface area (Å²) >= 11 is 0. The van der Waals surface area contributed by atoms with Gasteiger partial charge in [-0.3, -0.25) is 9.89 Å². The lowest BCUT2D eigenvalue weighted by Gasteiger charge is -2.15. The van der Waals surface area contributed by atoms with Crippen molar-refractivity contribution in [3.63, 3.8) is 0 Å². The predicted octanol–water partition coefficient (Wildman–Crippen LogP) is 3.05. The van der Waals surface area contributed by atoms with Crippen LogP contribution >= 0.6 is 0 Å². The van der Waals surface area contributed by atoms with Gasteiger partial charge in [0.2, 0.25) is 5.88 Å². The zero-order chi connectivity index (χ0) is 23.7. The van der Waals surface area contributed by atoms with Crippen molar-refractivity contribution in [3.05, 3.63) is 78.1 Å². The molecule has 1 amide bonds. The largest absolute Gasteiger partial charge is 0.469 e. The molecular weight excluding hydrogens is 432 g/mol. The van der Waals surface area contributed by atoms with E-state index in [0.717, 1.165) is 22.0 Å². The number of primary amides is 1. The van der Waals surface area contributed by atoms with Crippen molar-refractivity contribution in [3.8, 4) is 28.4 Å². The van der Waals surface area contributed by atoms with Gasteiger partial charge in [0.25, 0.3) is 5.91 Å². The minimum Gasteiger partial charge on any atom is -0.469 e. The number of fused-ring (bicyclic) bond motifs is 1. The summed E-state index contributed by atoms with van der Waals surface area (Å²) in [4.78, 5) is 29.5. The minimum atomic E-state index is -0.730. The average molecular weight is 452 g/mol. The molecule has 4 heterocycles. The van der Waals surface area contributed by atoms with Gasteiger partial charge in [0.1, 0.15) is 6.61 Å². The molecule has 1 aromatic carbocycles. The molecule has 168 valence electrons. The first-order valence-corrected chi connectivity index (χ1v) is 10.4. The lowest BCUT2D eigenvalue weighted by molar-refractivity contribution is 0.0996. The van der Waals surface area contributed by atoms with Crippen molar-refractivity contribution in [2.45, 2.75) is 13.5 Å². The van der Waals surface area contributed by atoms with Crippen LogP contribution in [-0.4, -0.2) is 36.0 Å². The number of aromatic nitrogens is 6. The molecule has 0 fully saturated rings. The molecule has 0 radical (unpaired) electrons. The molecule has 0 bridgehead atoms. The Morgan fingerprint density at radius 1 is 1.06 bits per heavy atom. The topological polar surface area (TPSA) is 159 Å². The predicted molar refractivity (Wildman–Crippen MR) is 127 cm³/mol. The Hall–Kier alpha value is -4.86. The molecule has 0 aliphatic heterocycles. The van der Waals surface area contributed by atoms with Crippen LogP contribution in [0.2, 0.25) is 0 Å². The van der Waals surface area contributed by atoms with Crippen molar-refractivity contribution >= 4 is 22.5 Å². The van der Waals surface area contributed by atoms with Crippen molar-refractivity contribution in [1.29, 1.82) is 0 Å². The molecule has 5 N–H and O–H groups in total. The molecule has 0 unspecified atom stereocenters. The molecular formula is C24H20N8O2. The number of benzene rings is 1. The van der Waals surface area contributed by atoms with Gasteiger partial charge in [-0.15, -0.1) is 0 Å². The number of nitrogens with zero attached hydrogens (tertiary/aromatic N) is 5. The summed E-state index contributed by atoms with van der Waals surface area (Å²) in [5.74, 6) is 0.160.